The summed E-state index contributed by atoms with van der Waals surface area (Å²) in [5, 5.41) is 3.56. The summed E-state index contributed by atoms with van der Waals surface area (Å²) in [5.41, 5.74) is 8.40. The van der Waals surface area contributed by atoms with Crippen molar-refractivity contribution in [2.24, 2.45) is 10.8 Å². The number of anilines is 2. The molecule has 0 unspecified atom stereocenters. The lowest BCUT2D eigenvalue weighted by molar-refractivity contribution is 0.0597. The number of rotatable bonds is 4. The van der Waals surface area contributed by atoms with Gasteiger partial charge in [-0.3, -0.25) is 0 Å². The molecule has 2 rings (SSSR count). The van der Waals surface area contributed by atoms with Crippen molar-refractivity contribution >= 4 is 17.3 Å². The molecule has 5 heteroatoms. The Labute approximate surface area is 144 Å². The molecule has 0 aliphatic heterocycles. The lowest BCUT2D eigenvalue weighted by Gasteiger charge is -2.45. The summed E-state index contributed by atoms with van der Waals surface area (Å²) in [5.74, 6) is -0.0915. The average molecular weight is 334 g/mol. The van der Waals surface area contributed by atoms with Crippen molar-refractivity contribution in [3.8, 4) is 5.75 Å². The van der Waals surface area contributed by atoms with E-state index >= 15 is 0 Å². The van der Waals surface area contributed by atoms with Gasteiger partial charge in [0.15, 0.2) is 5.75 Å². The Morgan fingerprint density at radius 3 is 2.25 bits per heavy atom. The second-order valence-corrected chi connectivity index (χ2v) is 8.35. The molecule has 0 bridgehead atoms. The van der Waals surface area contributed by atoms with Crippen molar-refractivity contribution in [3.63, 3.8) is 0 Å². The van der Waals surface area contributed by atoms with Gasteiger partial charge in [0.2, 0.25) is 0 Å². The topological polar surface area (TPSA) is 73.6 Å². The van der Waals surface area contributed by atoms with E-state index < -0.39 is 5.97 Å². The maximum absolute atomic E-state index is 11.8. The molecule has 134 valence electrons. The van der Waals surface area contributed by atoms with Crippen LogP contribution in [0.15, 0.2) is 12.1 Å². The lowest BCUT2D eigenvalue weighted by Crippen LogP contribution is -2.40. The fourth-order valence-corrected chi connectivity index (χ4v) is 4.38. The van der Waals surface area contributed by atoms with Crippen LogP contribution in [0, 0.1) is 10.8 Å². The number of carbonyl (C=O) groups is 1. The third-order valence-electron chi connectivity index (χ3n) is 4.72. The molecule has 0 saturated heterocycles. The Morgan fingerprint density at radius 1 is 1.17 bits per heavy atom. The number of ether oxygens (including phenoxy) is 2. The summed E-state index contributed by atoms with van der Waals surface area (Å²) in [7, 11) is 2.85. The van der Waals surface area contributed by atoms with Crippen molar-refractivity contribution in [2.45, 2.75) is 53.0 Å². The van der Waals surface area contributed by atoms with E-state index in [-0.39, 0.29) is 10.8 Å². The Bertz CT molecular complexity index is 607. The number of esters is 1. The molecule has 1 fully saturated rings. The minimum absolute atomic E-state index is 0.282. The van der Waals surface area contributed by atoms with Crippen molar-refractivity contribution in [3.05, 3.63) is 17.7 Å². The van der Waals surface area contributed by atoms with Gasteiger partial charge in [0.25, 0.3) is 0 Å². The Kier molecular flexibility index (Phi) is 5.02. The summed E-state index contributed by atoms with van der Waals surface area (Å²) in [6.07, 6.45) is 3.37. The molecule has 0 radical (unpaired) electrons. The van der Waals surface area contributed by atoms with Crippen molar-refractivity contribution in [1.82, 2.24) is 0 Å². The summed E-state index contributed by atoms with van der Waals surface area (Å²) in [4.78, 5) is 11.8. The van der Waals surface area contributed by atoms with Gasteiger partial charge in [-0.15, -0.1) is 0 Å². The third-order valence-corrected chi connectivity index (χ3v) is 4.72. The summed E-state index contributed by atoms with van der Waals surface area (Å²) < 4.78 is 10.1. The molecule has 1 aliphatic rings. The van der Waals surface area contributed by atoms with E-state index in [0.717, 1.165) is 18.5 Å². The van der Waals surface area contributed by atoms with E-state index in [0.29, 0.717) is 23.0 Å². The predicted molar refractivity (Wildman–Crippen MR) is 97.6 cm³/mol. The first-order chi connectivity index (χ1) is 11.1. The van der Waals surface area contributed by atoms with E-state index in [1.807, 2.05) is 6.07 Å². The SMILES string of the molecule is COC(=O)c1ccc(NC2CC(C)(C)CC(C)(C)C2)c(N)c1OC. The average Bonchev–Trinajstić information content (AvgIpc) is 2.45. The first-order valence-electron chi connectivity index (χ1n) is 8.40. The highest BCUT2D eigenvalue weighted by Gasteiger charge is 2.38. The number of benzene rings is 1. The highest BCUT2D eigenvalue weighted by Crippen LogP contribution is 2.47. The summed E-state index contributed by atoms with van der Waals surface area (Å²) in [6.45, 7) is 9.25. The second kappa shape index (κ2) is 6.54. The van der Waals surface area contributed by atoms with Gasteiger partial charge in [0.05, 0.1) is 25.6 Å². The minimum atomic E-state index is -0.454. The molecule has 5 nitrogen and oxygen atoms in total. The fraction of sp³-hybridized carbons (Fsp3) is 0.632. The van der Waals surface area contributed by atoms with Gasteiger partial charge in [-0.1, -0.05) is 27.7 Å². The molecular weight excluding hydrogens is 304 g/mol. The van der Waals surface area contributed by atoms with E-state index in [1.165, 1.54) is 20.6 Å². The molecular formula is C19H30N2O3. The van der Waals surface area contributed by atoms with E-state index in [2.05, 4.69) is 33.0 Å². The van der Waals surface area contributed by atoms with Crippen LogP contribution >= 0.6 is 0 Å². The zero-order chi connectivity index (χ0) is 18.1. The highest BCUT2D eigenvalue weighted by atomic mass is 16.5. The fourth-order valence-electron chi connectivity index (χ4n) is 4.38. The summed E-state index contributed by atoms with van der Waals surface area (Å²) >= 11 is 0. The number of nitrogen functional groups attached to an aromatic ring is 1. The van der Waals surface area contributed by atoms with Crippen LogP contribution < -0.4 is 15.8 Å². The Hall–Kier alpha value is -1.91. The molecule has 24 heavy (non-hydrogen) atoms. The largest absolute Gasteiger partial charge is 0.494 e. The lowest BCUT2D eigenvalue weighted by atomic mass is 9.63. The molecule has 1 saturated carbocycles. The molecule has 0 spiro atoms. The number of carbonyl (C=O) groups excluding carboxylic acids is 1. The zero-order valence-electron chi connectivity index (χ0n) is 15.7. The Balaban J connectivity index is 2.28. The number of hydrogen-bond acceptors (Lipinski definition) is 5. The van der Waals surface area contributed by atoms with Crippen LogP contribution in [-0.4, -0.2) is 26.2 Å². The van der Waals surface area contributed by atoms with Crippen molar-refractivity contribution in [2.75, 3.05) is 25.3 Å². The van der Waals surface area contributed by atoms with Crippen molar-refractivity contribution < 1.29 is 14.3 Å². The summed E-state index contributed by atoms with van der Waals surface area (Å²) in [6, 6.07) is 3.86. The van der Waals surface area contributed by atoms with Crippen LogP contribution in [0.25, 0.3) is 0 Å². The normalized spacial score (nSPS) is 19.6. The standard InChI is InChI=1S/C19H30N2O3/c1-18(2)9-12(10-19(3,4)11-18)21-14-8-7-13(17(22)24-6)16(23-5)15(14)20/h7-8,12,21H,9-11,20H2,1-6H3. The van der Waals surface area contributed by atoms with Crippen LogP contribution in [0.2, 0.25) is 0 Å². The minimum Gasteiger partial charge on any atom is -0.494 e. The van der Waals surface area contributed by atoms with Crippen LogP contribution in [0.1, 0.15) is 57.3 Å². The third kappa shape index (κ3) is 3.94. The van der Waals surface area contributed by atoms with Gasteiger partial charge >= 0.3 is 5.97 Å². The van der Waals surface area contributed by atoms with E-state index in [4.69, 9.17) is 15.2 Å². The predicted octanol–water partition coefficient (Wildman–Crippen LogP) is 4.08. The maximum Gasteiger partial charge on any atom is 0.341 e. The molecule has 0 amide bonds. The van der Waals surface area contributed by atoms with Crippen LogP contribution in [0.5, 0.6) is 5.75 Å². The molecule has 0 aromatic heterocycles. The van der Waals surface area contributed by atoms with Gasteiger partial charge in [0.1, 0.15) is 5.56 Å². The quantitative estimate of drug-likeness (QED) is 0.641. The molecule has 1 aromatic carbocycles. The van der Waals surface area contributed by atoms with Crippen LogP contribution in [0.4, 0.5) is 11.4 Å². The first-order valence-corrected chi connectivity index (χ1v) is 8.40. The zero-order valence-corrected chi connectivity index (χ0v) is 15.7. The van der Waals surface area contributed by atoms with Crippen LogP contribution in [-0.2, 0) is 4.74 Å². The van der Waals surface area contributed by atoms with Crippen molar-refractivity contribution in [1.29, 1.82) is 0 Å². The molecule has 1 aliphatic carbocycles. The van der Waals surface area contributed by atoms with Gasteiger partial charge in [-0.05, 0) is 42.2 Å². The number of methoxy groups -OCH3 is 2. The first kappa shape index (κ1) is 18.4. The van der Waals surface area contributed by atoms with Gasteiger partial charge in [-0.2, -0.15) is 0 Å². The van der Waals surface area contributed by atoms with E-state index in [9.17, 15) is 4.79 Å². The number of hydrogen-bond donors (Lipinski definition) is 2. The number of nitrogens with two attached hydrogens (primary N) is 1. The van der Waals surface area contributed by atoms with Gasteiger partial charge in [0, 0.05) is 6.04 Å². The molecule has 1 aromatic rings. The second-order valence-electron chi connectivity index (χ2n) is 8.35. The molecule has 0 atom stereocenters. The van der Waals surface area contributed by atoms with Gasteiger partial charge in [-0.25, -0.2) is 4.79 Å². The maximum atomic E-state index is 11.8. The van der Waals surface area contributed by atoms with E-state index in [1.54, 1.807) is 6.07 Å². The molecule has 0 heterocycles. The molecule has 3 N–H and O–H groups in total. The Morgan fingerprint density at radius 2 is 1.75 bits per heavy atom. The van der Waals surface area contributed by atoms with Gasteiger partial charge < -0.3 is 20.5 Å². The number of nitrogens with one attached hydrogen (secondary N) is 1. The smallest absolute Gasteiger partial charge is 0.341 e. The monoisotopic (exact) mass is 334 g/mol. The highest BCUT2D eigenvalue weighted by molar-refractivity contribution is 5.96. The van der Waals surface area contributed by atoms with Crippen LogP contribution in [0.3, 0.4) is 0 Å².